The average Bonchev–Trinajstić information content (AvgIpc) is 3.28. The van der Waals surface area contributed by atoms with Crippen LogP contribution in [0.15, 0.2) is 29.3 Å². The van der Waals surface area contributed by atoms with Gasteiger partial charge in [0.25, 0.3) is 5.91 Å². The smallest absolute Gasteiger partial charge is 0.263 e. The van der Waals surface area contributed by atoms with Crippen LogP contribution in [0, 0.1) is 6.92 Å². The van der Waals surface area contributed by atoms with E-state index in [4.69, 9.17) is 11.6 Å². The first-order valence-corrected chi connectivity index (χ1v) is 10.0. The molecule has 3 aromatic heterocycles. The second-order valence-electron chi connectivity index (χ2n) is 5.93. The lowest BCUT2D eigenvalue weighted by Crippen LogP contribution is -2.27. The molecule has 0 unspecified atom stereocenters. The number of rotatable bonds is 7. The maximum absolute atomic E-state index is 12.4. The molecular formula is C16H18BrClN6OS. The summed E-state index contributed by atoms with van der Waals surface area (Å²) in [6, 6.07) is 0. The van der Waals surface area contributed by atoms with Gasteiger partial charge in [0, 0.05) is 31.4 Å². The second-order valence-corrected chi connectivity index (χ2v) is 8.31. The lowest BCUT2D eigenvalue weighted by molar-refractivity contribution is 0.0955. The number of thiazole rings is 1. The molecule has 1 atom stereocenters. The summed E-state index contributed by atoms with van der Waals surface area (Å²) in [7, 11) is 0. The summed E-state index contributed by atoms with van der Waals surface area (Å²) in [5.41, 5.74) is 0.745. The normalized spacial score (nSPS) is 12.3. The fraction of sp³-hybridized carbons (Fsp3) is 0.375. The summed E-state index contributed by atoms with van der Waals surface area (Å²) in [6.07, 6.45) is 6.97. The van der Waals surface area contributed by atoms with Gasteiger partial charge in [-0.25, -0.2) is 4.98 Å². The van der Waals surface area contributed by atoms with Gasteiger partial charge in [-0.15, -0.1) is 11.3 Å². The molecule has 0 aliphatic carbocycles. The fourth-order valence-electron chi connectivity index (χ4n) is 2.46. The average molecular weight is 458 g/mol. The minimum atomic E-state index is -0.105. The number of hydrogen-bond donors (Lipinski definition) is 1. The van der Waals surface area contributed by atoms with Gasteiger partial charge in [0.15, 0.2) is 0 Å². The Kier molecular flexibility index (Phi) is 6.10. The monoisotopic (exact) mass is 456 g/mol. The van der Waals surface area contributed by atoms with E-state index in [0.717, 1.165) is 15.2 Å². The van der Waals surface area contributed by atoms with Gasteiger partial charge in [0.1, 0.15) is 4.88 Å². The van der Waals surface area contributed by atoms with Crippen LogP contribution in [0.2, 0.25) is 5.02 Å². The van der Waals surface area contributed by atoms with Crippen molar-refractivity contribution in [2.24, 2.45) is 0 Å². The molecule has 1 amide bonds. The van der Waals surface area contributed by atoms with E-state index in [1.807, 2.05) is 13.1 Å². The van der Waals surface area contributed by atoms with E-state index < -0.39 is 0 Å². The van der Waals surface area contributed by atoms with Crippen LogP contribution >= 0.6 is 38.9 Å². The van der Waals surface area contributed by atoms with Crippen molar-refractivity contribution in [1.82, 2.24) is 29.9 Å². The molecule has 0 spiro atoms. The molecule has 0 aliphatic heterocycles. The van der Waals surface area contributed by atoms with Gasteiger partial charge in [-0.1, -0.05) is 18.5 Å². The highest BCUT2D eigenvalue weighted by Gasteiger charge is 2.19. The van der Waals surface area contributed by atoms with Gasteiger partial charge < -0.3 is 5.32 Å². The molecule has 10 heteroatoms. The Morgan fingerprint density at radius 3 is 2.77 bits per heavy atom. The fourth-order valence-corrected chi connectivity index (χ4v) is 3.97. The number of nitrogens with zero attached hydrogens (tertiary/aromatic N) is 5. The Balaban J connectivity index is 1.58. The molecular weight excluding hydrogens is 440 g/mol. The van der Waals surface area contributed by atoms with E-state index in [0.29, 0.717) is 29.5 Å². The molecule has 0 radical (unpaired) electrons. The predicted octanol–water partition coefficient (Wildman–Crippen LogP) is 3.49. The lowest BCUT2D eigenvalue weighted by Gasteiger charge is -2.07. The van der Waals surface area contributed by atoms with Crippen LogP contribution < -0.4 is 5.32 Å². The third-order valence-electron chi connectivity index (χ3n) is 3.73. The molecule has 0 bridgehead atoms. The number of hydrogen-bond acceptors (Lipinski definition) is 5. The Hall–Kier alpha value is -1.71. The summed E-state index contributed by atoms with van der Waals surface area (Å²) in [6.45, 7) is 5.69. The molecule has 3 heterocycles. The SMILES string of the molecule is Cc1nc([C@H](C)Cn2cc(Cl)cn2)sc1C(=O)NCCn1cc(Br)cn1. The summed E-state index contributed by atoms with van der Waals surface area (Å²) >= 11 is 10.7. The summed E-state index contributed by atoms with van der Waals surface area (Å²) < 4.78 is 4.47. The predicted molar refractivity (Wildman–Crippen MR) is 105 cm³/mol. The lowest BCUT2D eigenvalue weighted by atomic mass is 10.2. The zero-order valence-electron chi connectivity index (χ0n) is 14.3. The number of carbonyl (C=O) groups excluding carboxylic acids is 1. The molecule has 0 saturated heterocycles. The van der Waals surface area contributed by atoms with Crippen molar-refractivity contribution in [2.45, 2.75) is 32.9 Å². The Morgan fingerprint density at radius 2 is 2.12 bits per heavy atom. The first kappa shape index (κ1) is 19.1. The van der Waals surface area contributed by atoms with Crippen molar-refractivity contribution < 1.29 is 4.79 Å². The van der Waals surface area contributed by atoms with Gasteiger partial charge in [-0.3, -0.25) is 14.2 Å². The standard InChI is InChI=1S/C16H18BrClN6OS/c1-10(7-24-9-13(18)6-21-24)16-22-11(2)14(26-16)15(25)19-3-4-23-8-12(17)5-20-23/h5-6,8-10H,3-4,7H2,1-2H3,(H,19,25)/t10-/m1/s1. The number of aryl methyl sites for hydroxylation is 1. The summed E-state index contributed by atoms with van der Waals surface area (Å²) in [5.74, 6) is 0.0319. The first-order valence-electron chi connectivity index (χ1n) is 8.04. The number of halogens is 2. The number of amides is 1. The van der Waals surface area contributed by atoms with E-state index in [1.165, 1.54) is 11.3 Å². The summed E-state index contributed by atoms with van der Waals surface area (Å²) in [5, 5.41) is 12.8. The third kappa shape index (κ3) is 4.72. The van der Waals surface area contributed by atoms with Crippen LogP contribution in [0.3, 0.4) is 0 Å². The van der Waals surface area contributed by atoms with Gasteiger partial charge in [-0.05, 0) is 22.9 Å². The molecule has 1 N–H and O–H groups in total. The Labute approximate surface area is 168 Å². The van der Waals surface area contributed by atoms with E-state index in [9.17, 15) is 4.79 Å². The quantitative estimate of drug-likeness (QED) is 0.589. The van der Waals surface area contributed by atoms with Crippen molar-refractivity contribution in [3.05, 3.63) is 49.9 Å². The highest BCUT2D eigenvalue weighted by Crippen LogP contribution is 2.26. The van der Waals surface area contributed by atoms with E-state index in [2.05, 4.69) is 43.4 Å². The first-order chi connectivity index (χ1) is 12.4. The van der Waals surface area contributed by atoms with Gasteiger partial charge in [0.05, 0.1) is 39.1 Å². The number of carbonyl (C=O) groups is 1. The minimum absolute atomic E-state index is 0.105. The molecule has 26 heavy (non-hydrogen) atoms. The topological polar surface area (TPSA) is 77.6 Å². The maximum atomic E-state index is 12.4. The molecule has 3 aromatic rings. The molecule has 3 rings (SSSR count). The molecule has 7 nitrogen and oxygen atoms in total. The van der Waals surface area contributed by atoms with Crippen LogP contribution in [-0.4, -0.2) is 37.0 Å². The highest BCUT2D eigenvalue weighted by atomic mass is 79.9. The zero-order valence-corrected chi connectivity index (χ0v) is 17.5. The van der Waals surface area contributed by atoms with Crippen molar-refractivity contribution >= 4 is 44.8 Å². The number of nitrogens with one attached hydrogen (secondary N) is 1. The molecule has 0 aromatic carbocycles. The van der Waals surface area contributed by atoms with Crippen LogP contribution in [0.1, 0.15) is 33.2 Å². The van der Waals surface area contributed by atoms with Gasteiger partial charge in [0.2, 0.25) is 0 Å². The van der Waals surface area contributed by atoms with Crippen molar-refractivity contribution in [1.29, 1.82) is 0 Å². The minimum Gasteiger partial charge on any atom is -0.349 e. The Bertz CT molecular complexity index is 904. The van der Waals surface area contributed by atoms with Crippen molar-refractivity contribution in [3.63, 3.8) is 0 Å². The molecule has 138 valence electrons. The van der Waals surface area contributed by atoms with Gasteiger partial charge in [-0.2, -0.15) is 10.2 Å². The Morgan fingerprint density at radius 1 is 1.35 bits per heavy atom. The second kappa shape index (κ2) is 8.32. The zero-order chi connectivity index (χ0) is 18.7. The van der Waals surface area contributed by atoms with Gasteiger partial charge >= 0.3 is 0 Å². The van der Waals surface area contributed by atoms with Crippen molar-refractivity contribution in [3.8, 4) is 0 Å². The van der Waals surface area contributed by atoms with E-state index >= 15 is 0 Å². The van der Waals surface area contributed by atoms with Crippen LogP contribution in [-0.2, 0) is 13.1 Å². The number of aromatic nitrogens is 5. The molecule has 0 fully saturated rings. The third-order valence-corrected chi connectivity index (χ3v) is 5.72. The van der Waals surface area contributed by atoms with E-state index in [-0.39, 0.29) is 11.8 Å². The van der Waals surface area contributed by atoms with Crippen LogP contribution in [0.5, 0.6) is 0 Å². The molecule has 0 aliphatic rings. The highest BCUT2D eigenvalue weighted by molar-refractivity contribution is 9.10. The van der Waals surface area contributed by atoms with Crippen LogP contribution in [0.4, 0.5) is 0 Å². The maximum Gasteiger partial charge on any atom is 0.263 e. The van der Waals surface area contributed by atoms with E-state index in [1.54, 1.807) is 28.0 Å². The van der Waals surface area contributed by atoms with Crippen LogP contribution in [0.25, 0.3) is 0 Å². The largest absolute Gasteiger partial charge is 0.349 e. The van der Waals surface area contributed by atoms with Crippen molar-refractivity contribution in [2.75, 3.05) is 6.54 Å². The molecule has 0 saturated carbocycles. The summed E-state index contributed by atoms with van der Waals surface area (Å²) in [4.78, 5) is 17.7.